The molecular weight excluding hydrogens is 186 g/mol. The molecule has 1 saturated carbocycles. The number of hydrogen-bond acceptors (Lipinski definition) is 2. The van der Waals surface area contributed by atoms with Crippen molar-refractivity contribution < 1.29 is 4.74 Å². The number of benzene rings is 1. The standard InChI is InChI=1S/C13H19NO/c1-15-12-7-3-6-11(8-12)13(9-14)10-4-2-5-10/h3,6-8,10,13H,2,4-5,9,14H2,1H3. The lowest BCUT2D eigenvalue weighted by atomic mass is 9.73. The molecule has 1 aromatic rings. The molecule has 0 spiro atoms. The van der Waals surface area contributed by atoms with E-state index in [1.165, 1.54) is 24.8 Å². The molecule has 2 N–H and O–H groups in total. The minimum absolute atomic E-state index is 0.522. The molecule has 0 aliphatic heterocycles. The summed E-state index contributed by atoms with van der Waals surface area (Å²) in [6, 6.07) is 8.32. The summed E-state index contributed by atoms with van der Waals surface area (Å²) < 4.78 is 5.24. The first-order valence-corrected chi connectivity index (χ1v) is 5.69. The first kappa shape index (κ1) is 10.5. The van der Waals surface area contributed by atoms with Crippen LogP contribution in [-0.4, -0.2) is 13.7 Å². The fourth-order valence-corrected chi connectivity index (χ4v) is 2.32. The SMILES string of the molecule is COc1cccc(C(CN)C2CCC2)c1. The molecule has 1 atom stereocenters. The average Bonchev–Trinajstić information content (AvgIpc) is 2.23. The van der Waals surface area contributed by atoms with E-state index in [2.05, 4.69) is 18.2 Å². The first-order valence-electron chi connectivity index (χ1n) is 5.69. The van der Waals surface area contributed by atoms with Gasteiger partial charge in [-0.1, -0.05) is 18.6 Å². The second-order valence-electron chi connectivity index (χ2n) is 4.31. The number of ether oxygens (including phenoxy) is 1. The Labute approximate surface area is 91.4 Å². The Kier molecular flexibility index (Phi) is 3.27. The highest BCUT2D eigenvalue weighted by molar-refractivity contribution is 5.31. The van der Waals surface area contributed by atoms with Crippen LogP contribution in [0.25, 0.3) is 0 Å². The second-order valence-corrected chi connectivity index (χ2v) is 4.31. The van der Waals surface area contributed by atoms with Crippen molar-refractivity contribution in [3.63, 3.8) is 0 Å². The van der Waals surface area contributed by atoms with Gasteiger partial charge >= 0.3 is 0 Å². The summed E-state index contributed by atoms with van der Waals surface area (Å²) in [7, 11) is 1.71. The van der Waals surface area contributed by atoms with Crippen LogP contribution in [0, 0.1) is 5.92 Å². The van der Waals surface area contributed by atoms with Gasteiger partial charge in [0.15, 0.2) is 0 Å². The third kappa shape index (κ3) is 2.15. The van der Waals surface area contributed by atoms with Gasteiger partial charge in [0, 0.05) is 0 Å². The summed E-state index contributed by atoms with van der Waals surface area (Å²) in [5.41, 5.74) is 7.20. The van der Waals surface area contributed by atoms with Gasteiger partial charge in [0.05, 0.1) is 7.11 Å². The fourth-order valence-electron chi connectivity index (χ4n) is 2.32. The summed E-state index contributed by atoms with van der Waals surface area (Å²) in [5, 5.41) is 0. The Bertz CT molecular complexity index is 320. The van der Waals surface area contributed by atoms with Crippen LogP contribution in [0.15, 0.2) is 24.3 Å². The molecule has 82 valence electrons. The topological polar surface area (TPSA) is 35.2 Å². The number of hydrogen-bond donors (Lipinski definition) is 1. The fraction of sp³-hybridized carbons (Fsp3) is 0.538. The first-order chi connectivity index (χ1) is 7.35. The van der Waals surface area contributed by atoms with Gasteiger partial charge in [0.2, 0.25) is 0 Å². The van der Waals surface area contributed by atoms with Crippen molar-refractivity contribution >= 4 is 0 Å². The lowest BCUT2D eigenvalue weighted by molar-refractivity contribution is 0.263. The van der Waals surface area contributed by atoms with E-state index in [4.69, 9.17) is 10.5 Å². The van der Waals surface area contributed by atoms with E-state index in [9.17, 15) is 0 Å². The van der Waals surface area contributed by atoms with E-state index in [0.29, 0.717) is 5.92 Å². The van der Waals surface area contributed by atoms with Crippen LogP contribution in [0.3, 0.4) is 0 Å². The van der Waals surface area contributed by atoms with E-state index in [1.807, 2.05) is 6.07 Å². The molecule has 2 heteroatoms. The van der Waals surface area contributed by atoms with Crippen molar-refractivity contribution in [3.8, 4) is 5.75 Å². The lowest BCUT2D eigenvalue weighted by Gasteiger charge is -2.33. The van der Waals surface area contributed by atoms with Crippen molar-refractivity contribution in [2.75, 3.05) is 13.7 Å². The van der Waals surface area contributed by atoms with Crippen molar-refractivity contribution in [2.45, 2.75) is 25.2 Å². The molecule has 15 heavy (non-hydrogen) atoms. The monoisotopic (exact) mass is 205 g/mol. The second kappa shape index (κ2) is 4.67. The normalized spacial score (nSPS) is 18.3. The Hall–Kier alpha value is -1.02. The largest absolute Gasteiger partial charge is 0.497 e. The maximum absolute atomic E-state index is 5.87. The van der Waals surface area contributed by atoms with Gasteiger partial charge < -0.3 is 10.5 Å². The Morgan fingerprint density at radius 1 is 1.47 bits per heavy atom. The summed E-state index contributed by atoms with van der Waals surface area (Å²) in [6.45, 7) is 0.748. The molecule has 2 nitrogen and oxygen atoms in total. The molecule has 0 amide bonds. The van der Waals surface area contributed by atoms with Crippen LogP contribution in [0.4, 0.5) is 0 Å². The third-order valence-electron chi connectivity index (χ3n) is 3.49. The van der Waals surface area contributed by atoms with E-state index < -0.39 is 0 Å². The summed E-state index contributed by atoms with van der Waals surface area (Å²) in [5.74, 6) is 2.25. The highest BCUT2D eigenvalue weighted by Crippen LogP contribution is 2.39. The quantitative estimate of drug-likeness (QED) is 0.819. The highest BCUT2D eigenvalue weighted by atomic mass is 16.5. The van der Waals surface area contributed by atoms with Crippen LogP contribution in [-0.2, 0) is 0 Å². The highest BCUT2D eigenvalue weighted by Gasteiger charge is 2.27. The zero-order valence-electron chi connectivity index (χ0n) is 9.28. The maximum Gasteiger partial charge on any atom is 0.119 e. The van der Waals surface area contributed by atoms with E-state index in [1.54, 1.807) is 7.11 Å². The molecule has 0 aromatic heterocycles. The van der Waals surface area contributed by atoms with E-state index in [0.717, 1.165) is 18.2 Å². The number of nitrogens with two attached hydrogens (primary N) is 1. The Morgan fingerprint density at radius 2 is 2.27 bits per heavy atom. The van der Waals surface area contributed by atoms with Crippen molar-refractivity contribution in [2.24, 2.45) is 11.7 Å². The van der Waals surface area contributed by atoms with Gasteiger partial charge in [-0.05, 0) is 48.9 Å². The molecule has 2 rings (SSSR count). The van der Waals surface area contributed by atoms with Crippen LogP contribution in [0.1, 0.15) is 30.7 Å². The average molecular weight is 205 g/mol. The summed E-state index contributed by atoms with van der Waals surface area (Å²) in [4.78, 5) is 0. The smallest absolute Gasteiger partial charge is 0.119 e. The molecule has 1 unspecified atom stereocenters. The van der Waals surface area contributed by atoms with Gasteiger partial charge in [0.1, 0.15) is 5.75 Å². The molecule has 1 aromatic carbocycles. The van der Waals surface area contributed by atoms with Gasteiger partial charge in [-0.2, -0.15) is 0 Å². The van der Waals surface area contributed by atoms with Crippen molar-refractivity contribution in [1.29, 1.82) is 0 Å². The van der Waals surface area contributed by atoms with Gasteiger partial charge in [0.25, 0.3) is 0 Å². The van der Waals surface area contributed by atoms with Crippen molar-refractivity contribution in [1.82, 2.24) is 0 Å². The predicted octanol–water partition coefficient (Wildman–Crippen LogP) is 2.54. The van der Waals surface area contributed by atoms with Gasteiger partial charge in [-0.3, -0.25) is 0 Å². The number of rotatable bonds is 4. The molecule has 0 heterocycles. The Balaban J connectivity index is 2.17. The zero-order chi connectivity index (χ0) is 10.7. The van der Waals surface area contributed by atoms with Crippen LogP contribution < -0.4 is 10.5 Å². The summed E-state index contributed by atoms with van der Waals surface area (Å²) in [6.07, 6.45) is 4.03. The minimum atomic E-state index is 0.522. The van der Waals surface area contributed by atoms with E-state index >= 15 is 0 Å². The zero-order valence-corrected chi connectivity index (χ0v) is 9.28. The predicted molar refractivity (Wildman–Crippen MR) is 62.1 cm³/mol. The van der Waals surface area contributed by atoms with Crippen LogP contribution in [0.5, 0.6) is 5.75 Å². The molecule has 0 bridgehead atoms. The van der Waals surface area contributed by atoms with E-state index in [-0.39, 0.29) is 0 Å². The van der Waals surface area contributed by atoms with Gasteiger partial charge in [-0.15, -0.1) is 0 Å². The van der Waals surface area contributed by atoms with Crippen LogP contribution >= 0.6 is 0 Å². The third-order valence-corrected chi connectivity index (χ3v) is 3.49. The molecule has 1 fully saturated rings. The maximum atomic E-state index is 5.87. The van der Waals surface area contributed by atoms with Crippen LogP contribution in [0.2, 0.25) is 0 Å². The molecule has 1 aliphatic carbocycles. The molecular formula is C13H19NO. The van der Waals surface area contributed by atoms with Crippen molar-refractivity contribution in [3.05, 3.63) is 29.8 Å². The number of methoxy groups -OCH3 is 1. The lowest BCUT2D eigenvalue weighted by Crippen LogP contribution is -2.26. The molecule has 0 radical (unpaired) electrons. The summed E-state index contributed by atoms with van der Waals surface area (Å²) >= 11 is 0. The van der Waals surface area contributed by atoms with Gasteiger partial charge in [-0.25, -0.2) is 0 Å². The molecule has 0 saturated heterocycles. The molecule has 1 aliphatic rings. The Morgan fingerprint density at radius 3 is 2.80 bits per heavy atom. The minimum Gasteiger partial charge on any atom is -0.497 e.